The number of thiazole rings is 1. The molecule has 0 bridgehead atoms. The predicted octanol–water partition coefficient (Wildman–Crippen LogP) is -0.0293. The highest BCUT2D eigenvalue weighted by atomic mass is 32.1. The molecular weight excluding hydrogens is 200 g/mol. The van der Waals surface area contributed by atoms with Crippen molar-refractivity contribution in [2.24, 2.45) is 5.73 Å². The summed E-state index contributed by atoms with van der Waals surface area (Å²) in [7, 11) is 0. The largest absolute Gasteiger partial charge is 0.369 e. The number of carbonyl (C=O) groups is 1. The number of nitrogens with zero attached hydrogens (tertiary/aromatic N) is 2. The number of imidazole rings is 1. The second-order valence-corrected chi connectivity index (χ2v) is 3.77. The lowest BCUT2D eigenvalue weighted by molar-refractivity contribution is -0.117. The maximum Gasteiger partial charge on any atom is 0.231 e. The fourth-order valence-corrected chi connectivity index (χ4v) is 1.89. The van der Waals surface area contributed by atoms with Gasteiger partial charge < -0.3 is 11.1 Å². The third-order valence-corrected chi connectivity index (χ3v) is 2.52. The van der Waals surface area contributed by atoms with Gasteiger partial charge in [-0.3, -0.25) is 9.20 Å². The molecule has 0 radical (unpaired) electrons. The Morgan fingerprint density at radius 3 is 3.29 bits per heavy atom. The van der Waals surface area contributed by atoms with E-state index in [4.69, 9.17) is 5.73 Å². The minimum absolute atomic E-state index is 0.186. The number of nitrogens with two attached hydrogens (primary N) is 1. The highest BCUT2D eigenvalue weighted by molar-refractivity contribution is 7.15. The van der Waals surface area contributed by atoms with Crippen LogP contribution in [0.5, 0.6) is 0 Å². The maximum atomic E-state index is 10.4. The number of amides is 1. The molecule has 5 nitrogen and oxygen atoms in total. The molecule has 2 aromatic heterocycles. The zero-order valence-corrected chi connectivity index (χ0v) is 8.25. The smallest absolute Gasteiger partial charge is 0.231 e. The molecule has 0 aliphatic carbocycles. The molecule has 2 aromatic rings. The number of rotatable bonds is 4. The van der Waals surface area contributed by atoms with Crippen molar-refractivity contribution in [2.45, 2.75) is 6.54 Å². The van der Waals surface area contributed by atoms with Crippen LogP contribution in [-0.4, -0.2) is 21.8 Å². The van der Waals surface area contributed by atoms with Crippen molar-refractivity contribution in [3.05, 3.63) is 23.5 Å². The Morgan fingerprint density at radius 2 is 2.57 bits per heavy atom. The van der Waals surface area contributed by atoms with E-state index < -0.39 is 0 Å². The third-order valence-electron chi connectivity index (χ3n) is 1.75. The summed E-state index contributed by atoms with van der Waals surface area (Å²) in [4.78, 5) is 15.7. The molecule has 0 saturated carbocycles. The highest BCUT2D eigenvalue weighted by Crippen LogP contribution is 2.10. The van der Waals surface area contributed by atoms with Crippen molar-refractivity contribution in [3.8, 4) is 0 Å². The van der Waals surface area contributed by atoms with E-state index >= 15 is 0 Å². The zero-order valence-electron chi connectivity index (χ0n) is 7.43. The van der Waals surface area contributed by atoms with Gasteiger partial charge in [-0.25, -0.2) is 4.98 Å². The summed E-state index contributed by atoms with van der Waals surface area (Å²) in [5, 5.41) is 4.88. The van der Waals surface area contributed by atoms with Crippen LogP contribution in [0.3, 0.4) is 0 Å². The third kappa shape index (κ3) is 1.91. The zero-order chi connectivity index (χ0) is 9.97. The molecule has 0 aliphatic heterocycles. The number of nitrogens with one attached hydrogen (secondary N) is 1. The van der Waals surface area contributed by atoms with Crippen molar-refractivity contribution in [1.29, 1.82) is 0 Å². The van der Waals surface area contributed by atoms with Gasteiger partial charge in [-0.15, -0.1) is 11.3 Å². The summed E-state index contributed by atoms with van der Waals surface area (Å²) in [6, 6.07) is 0. The Kier molecular flexibility index (Phi) is 2.47. The maximum absolute atomic E-state index is 10.4. The summed E-state index contributed by atoms with van der Waals surface area (Å²) < 4.78 is 1.95. The van der Waals surface area contributed by atoms with Gasteiger partial charge >= 0.3 is 0 Å². The minimum Gasteiger partial charge on any atom is -0.369 e. The lowest BCUT2D eigenvalue weighted by atomic mass is 10.4. The molecule has 0 unspecified atom stereocenters. The van der Waals surface area contributed by atoms with Gasteiger partial charge in [-0.2, -0.15) is 0 Å². The molecule has 2 rings (SSSR count). The summed E-state index contributed by atoms with van der Waals surface area (Å²) in [5.74, 6) is -0.356. The lowest BCUT2D eigenvalue weighted by Gasteiger charge is -1.96. The van der Waals surface area contributed by atoms with Crippen LogP contribution in [0, 0.1) is 0 Å². The molecule has 0 aromatic carbocycles. The van der Waals surface area contributed by atoms with Gasteiger partial charge in [0.25, 0.3) is 0 Å². The number of hydrogen-bond acceptors (Lipinski definition) is 4. The van der Waals surface area contributed by atoms with Crippen molar-refractivity contribution >= 4 is 22.2 Å². The van der Waals surface area contributed by atoms with Crippen LogP contribution < -0.4 is 11.1 Å². The quantitative estimate of drug-likeness (QED) is 0.744. The molecule has 14 heavy (non-hydrogen) atoms. The standard InChI is InChI=1S/C8H10N4OS/c9-7(13)4-10-3-6-5-12-1-2-14-8(12)11-6/h1-2,5,10H,3-4H2,(H2,9,13). The fraction of sp³-hybridized carbons (Fsp3) is 0.250. The van der Waals surface area contributed by atoms with Crippen LogP contribution in [0.15, 0.2) is 17.8 Å². The Bertz CT molecular complexity index is 418. The molecule has 0 saturated heterocycles. The van der Waals surface area contributed by atoms with E-state index in [9.17, 15) is 4.79 Å². The van der Waals surface area contributed by atoms with Gasteiger partial charge in [0.2, 0.25) is 5.91 Å². The Labute approximate surface area is 84.6 Å². The predicted molar refractivity (Wildman–Crippen MR) is 54.0 cm³/mol. The van der Waals surface area contributed by atoms with Crippen molar-refractivity contribution in [3.63, 3.8) is 0 Å². The van der Waals surface area contributed by atoms with E-state index in [1.54, 1.807) is 11.3 Å². The van der Waals surface area contributed by atoms with Crippen molar-refractivity contribution < 1.29 is 4.79 Å². The molecule has 0 fully saturated rings. The SMILES string of the molecule is NC(=O)CNCc1cn2ccsc2n1. The Balaban J connectivity index is 1.98. The number of aromatic nitrogens is 2. The van der Waals surface area contributed by atoms with Gasteiger partial charge in [0, 0.05) is 24.3 Å². The van der Waals surface area contributed by atoms with E-state index in [0.717, 1.165) is 10.7 Å². The van der Waals surface area contributed by atoms with Crippen LogP contribution in [0.25, 0.3) is 4.96 Å². The summed E-state index contributed by atoms with van der Waals surface area (Å²) in [6.45, 7) is 0.752. The first-order valence-corrected chi connectivity index (χ1v) is 5.04. The Morgan fingerprint density at radius 1 is 1.71 bits per heavy atom. The van der Waals surface area contributed by atoms with E-state index in [1.165, 1.54) is 0 Å². The van der Waals surface area contributed by atoms with E-state index in [-0.39, 0.29) is 12.5 Å². The van der Waals surface area contributed by atoms with Gasteiger partial charge in [0.1, 0.15) is 0 Å². The van der Waals surface area contributed by atoms with E-state index in [1.807, 2.05) is 22.2 Å². The molecule has 2 heterocycles. The van der Waals surface area contributed by atoms with Gasteiger partial charge in [-0.1, -0.05) is 0 Å². The molecule has 6 heteroatoms. The number of carbonyl (C=O) groups excluding carboxylic acids is 1. The number of hydrogen-bond donors (Lipinski definition) is 2. The average Bonchev–Trinajstić information content (AvgIpc) is 2.62. The van der Waals surface area contributed by atoms with Crippen LogP contribution in [0.1, 0.15) is 5.69 Å². The van der Waals surface area contributed by atoms with Gasteiger partial charge in [0.15, 0.2) is 4.96 Å². The van der Waals surface area contributed by atoms with Crippen LogP contribution >= 0.6 is 11.3 Å². The highest BCUT2D eigenvalue weighted by Gasteiger charge is 2.01. The minimum atomic E-state index is -0.356. The Hall–Kier alpha value is -1.40. The first-order chi connectivity index (χ1) is 6.75. The van der Waals surface area contributed by atoms with Crippen molar-refractivity contribution in [1.82, 2.24) is 14.7 Å². The second-order valence-electron chi connectivity index (χ2n) is 2.89. The molecule has 1 amide bonds. The number of primary amides is 1. The fourth-order valence-electron chi connectivity index (χ4n) is 1.18. The summed E-state index contributed by atoms with van der Waals surface area (Å²) >= 11 is 1.58. The van der Waals surface area contributed by atoms with E-state index in [2.05, 4.69) is 10.3 Å². The molecule has 3 N–H and O–H groups in total. The van der Waals surface area contributed by atoms with Gasteiger partial charge in [0.05, 0.1) is 12.2 Å². The average molecular weight is 210 g/mol. The van der Waals surface area contributed by atoms with E-state index in [0.29, 0.717) is 6.54 Å². The number of fused-ring (bicyclic) bond motifs is 1. The molecule has 74 valence electrons. The summed E-state index contributed by atoms with van der Waals surface area (Å²) in [5.41, 5.74) is 5.90. The summed E-state index contributed by atoms with van der Waals surface area (Å²) in [6.07, 6.45) is 3.88. The van der Waals surface area contributed by atoms with Crippen LogP contribution in [0.2, 0.25) is 0 Å². The van der Waals surface area contributed by atoms with Crippen molar-refractivity contribution in [2.75, 3.05) is 6.54 Å². The van der Waals surface area contributed by atoms with Crippen LogP contribution in [0.4, 0.5) is 0 Å². The first-order valence-electron chi connectivity index (χ1n) is 4.16. The molecule has 0 aliphatic rings. The normalized spacial score (nSPS) is 10.9. The monoisotopic (exact) mass is 210 g/mol. The second kappa shape index (κ2) is 3.77. The van der Waals surface area contributed by atoms with Gasteiger partial charge in [-0.05, 0) is 0 Å². The molecule has 0 spiro atoms. The topological polar surface area (TPSA) is 72.4 Å². The lowest BCUT2D eigenvalue weighted by Crippen LogP contribution is -2.28. The van der Waals surface area contributed by atoms with Crippen LogP contribution in [-0.2, 0) is 11.3 Å². The molecule has 0 atom stereocenters. The molecular formula is C8H10N4OS. The first kappa shape index (κ1) is 9.17.